The number of morpholine rings is 1. The number of benzene rings is 2. The zero-order valence-corrected chi connectivity index (χ0v) is 17.0. The van der Waals surface area contributed by atoms with Crippen LogP contribution in [0.5, 0.6) is 0 Å². The number of nitrogens with zero attached hydrogens (tertiary/aromatic N) is 1. The van der Waals surface area contributed by atoms with Gasteiger partial charge in [-0.1, -0.05) is 62.7 Å². The maximum absolute atomic E-state index is 13.2. The molecule has 4 heteroatoms. The second-order valence-corrected chi connectivity index (χ2v) is 7.83. The van der Waals surface area contributed by atoms with Crippen LogP contribution in [0.25, 0.3) is 10.8 Å². The number of rotatable bonds is 8. The number of amides is 1. The summed E-state index contributed by atoms with van der Waals surface area (Å²) in [5, 5.41) is 2.34. The van der Waals surface area contributed by atoms with Crippen LogP contribution < -0.4 is 0 Å². The number of hydrogen-bond donors (Lipinski definition) is 0. The maximum Gasteiger partial charge on any atom is 0.223 e. The summed E-state index contributed by atoms with van der Waals surface area (Å²) in [7, 11) is 0. The van der Waals surface area contributed by atoms with E-state index >= 15 is 0 Å². The van der Waals surface area contributed by atoms with Gasteiger partial charge in [-0.15, -0.1) is 0 Å². The smallest absolute Gasteiger partial charge is 0.223 e. The molecular formula is C24H31NO3. The Balaban J connectivity index is 1.82. The van der Waals surface area contributed by atoms with E-state index in [0.717, 1.165) is 18.4 Å². The zero-order valence-electron chi connectivity index (χ0n) is 17.0. The molecule has 2 aromatic carbocycles. The summed E-state index contributed by atoms with van der Waals surface area (Å²) in [5.74, 6) is 0.00662. The SMILES string of the molecule is CCCC(C)C(=O)[C@@H](CC(=O)N1CCOCC1)Cc1cccc2ccccc12. The minimum atomic E-state index is -0.275. The van der Waals surface area contributed by atoms with Crippen molar-refractivity contribution in [1.29, 1.82) is 0 Å². The first kappa shape index (κ1) is 20.5. The van der Waals surface area contributed by atoms with Crippen LogP contribution in [0.3, 0.4) is 0 Å². The second kappa shape index (κ2) is 9.83. The van der Waals surface area contributed by atoms with Crippen molar-refractivity contribution < 1.29 is 14.3 Å². The van der Waals surface area contributed by atoms with Gasteiger partial charge in [0.25, 0.3) is 0 Å². The van der Waals surface area contributed by atoms with Gasteiger partial charge >= 0.3 is 0 Å². The Morgan fingerprint density at radius 3 is 2.54 bits per heavy atom. The van der Waals surface area contributed by atoms with Crippen LogP contribution in [0.15, 0.2) is 42.5 Å². The number of Topliss-reactive ketones (excluding diaryl/α,β-unsaturated/α-hetero) is 1. The van der Waals surface area contributed by atoms with Gasteiger partial charge in [-0.05, 0) is 29.2 Å². The van der Waals surface area contributed by atoms with Crippen LogP contribution in [0.4, 0.5) is 0 Å². The van der Waals surface area contributed by atoms with Gasteiger partial charge in [0.2, 0.25) is 5.91 Å². The van der Waals surface area contributed by atoms with E-state index in [0.29, 0.717) is 32.7 Å². The van der Waals surface area contributed by atoms with E-state index in [9.17, 15) is 9.59 Å². The minimum absolute atomic E-state index is 0.0116. The highest BCUT2D eigenvalue weighted by Crippen LogP contribution is 2.26. The topological polar surface area (TPSA) is 46.6 Å². The molecule has 1 saturated heterocycles. The highest BCUT2D eigenvalue weighted by Gasteiger charge is 2.29. The summed E-state index contributed by atoms with van der Waals surface area (Å²) in [6, 6.07) is 14.5. The van der Waals surface area contributed by atoms with Gasteiger partial charge in [0, 0.05) is 31.3 Å². The second-order valence-electron chi connectivity index (χ2n) is 7.83. The third kappa shape index (κ3) is 4.99. The van der Waals surface area contributed by atoms with Crippen LogP contribution in [-0.2, 0) is 20.7 Å². The molecule has 1 aliphatic rings. The van der Waals surface area contributed by atoms with E-state index in [1.54, 1.807) is 0 Å². The molecule has 0 saturated carbocycles. The van der Waals surface area contributed by atoms with Crippen molar-refractivity contribution in [3.05, 3.63) is 48.0 Å². The fraction of sp³-hybridized carbons (Fsp3) is 0.500. The van der Waals surface area contributed by atoms with Crippen LogP contribution in [-0.4, -0.2) is 42.9 Å². The number of fused-ring (bicyclic) bond motifs is 1. The number of hydrogen-bond acceptors (Lipinski definition) is 3. The predicted molar refractivity (Wildman–Crippen MR) is 112 cm³/mol. The molecule has 150 valence electrons. The van der Waals surface area contributed by atoms with Crippen LogP contribution in [0.1, 0.15) is 38.7 Å². The van der Waals surface area contributed by atoms with Crippen LogP contribution in [0, 0.1) is 11.8 Å². The van der Waals surface area contributed by atoms with E-state index < -0.39 is 0 Å². The Morgan fingerprint density at radius 1 is 1.07 bits per heavy atom. The van der Waals surface area contributed by atoms with E-state index in [1.165, 1.54) is 10.8 Å². The Bertz CT molecular complexity index is 805. The van der Waals surface area contributed by atoms with Crippen molar-refractivity contribution in [2.45, 2.75) is 39.5 Å². The summed E-state index contributed by atoms with van der Waals surface area (Å²) < 4.78 is 5.36. The molecule has 1 amide bonds. The highest BCUT2D eigenvalue weighted by atomic mass is 16.5. The molecule has 0 N–H and O–H groups in total. The van der Waals surface area contributed by atoms with Crippen molar-refractivity contribution in [2.24, 2.45) is 11.8 Å². The molecule has 1 fully saturated rings. The Morgan fingerprint density at radius 2 is 1.79 bits per heavy atom. The van der Waals surface area contributed by atoms with Gasteiger partial charge in [-0.25, -0.2) is 0 Å². The van der Waals surface area contributed by atoms with Crippen molar-refractivity contribution in [1.82, 2.24) is 4.90 Å². The maximum atomic E-state index is 13.2. The first-order chi connectivity index (χ1) is 13.6. The Labute approximate surface area is 167 Å². The third-order valence-corrected chi connectivity index (χ3v) is 5.74. The largest absolute Gasteiger partial charge is 0.378 e. The number of carbonyl (C=O) groups excluding carboxylic acids is 2. The first-order valence-corrected chi connectivity index (χ1v) is 10.5. The molecule has 0 bridgehead atoms. The number of ketones is 1. The molecule has 0 radical (unpaired) electrons. The Kier molecular flexibility index (Phi) is 7.21. The molecule has 3 rings (SSSR count). The van der Waals surface area contributed by atoms with Crippen molar-refractivity contribution in [3.63, 3.8) is 0 Å². The minimum Gasteiger partial charge on any atom is -0.378 e. The fourth-order valence-corrected chi connectivity index (χ4v) is 4.14. The third-order valence-electron chi connectivity index (χ3n) is 5.74. The van der Waals surface area contributed by atoms with E-state index in [4.69, 9.17) is 4.74 Å². The summed E-state index contributed by atoms with van der Waals surface area (Å²) >= 11 is 0. The van der Waals surface area contributed by atoms with Crippen LogP contribution >= 0.6 is 0 Å². The van der Waals surface area contributed by atoms with E-state index in [2.05, 4.69) is 31.2 Å². The summed E-state index contributed by atoms with van der Waals surface area (Å²) in [6.07, 6.45) is 2.75. The lowest BCUT2D eigenvalue weighted by atomic mass is 9.83. The quantitative estimate of drug-likeness (QED) is 0.687. The molecule has 0 spiro atoms. The Hall–Kier alpha value is -2.20. The summed E-state index contributed by atoms with van der Waals surface area (Å²) in [5.41, 5.74) is 1.15. The molecule has 2 aromatic rings. The van der Waals surface area contributed by atoms with Gasteiger partial charge in [0.05, 0.1) is 13.2 Å². The van der Waals surface area contributed by atoms with E-state index in [1.807, 2.05) is 30.0 Å². The molecule has 1 unspecified atom stereocenters. The lowest BCUT2D eigenvalue weighted by Gasteiger charge is -2.29. The van der Waals surface area contributed by atoms with Gasteiger partial charge in [-0.3, -0.25) is 9.59 Å². The first-order valence-electron chi connectivity index (χ1n) is 10.5. The lowest BCUT2D eigenvalue weighted by molar-refractivity contribution is -0.139. The van der Waals surface area contributed by atoms with Crippen molar-refractivity contribution >= 4 is 22.5 Å². The molecule has 1 heterocycles. The van der Waals surface area contributed by atoms with Gasteiger partial charge in [0.1, 0.15) is 5.78 Å². The molecular weight excluding hydrogens is 350 g/mol. The zero-order chi connectivity index (χ0) is 19.9. The monoisotopic (exact) mass is 381 g/mol. The van der Waals surface area contributed by atoms with Gasteiger partial charge in [0.15, 0.2) is 0 Å². The lowest BCUT2D eigenvalue weighted by Crippen LogP contribution is -2.42. The molecule has 0 aromatic heterocycles. The van der Waals surface area contributed by atoms with E-state index in [-0.39, 0.29) is 29.9 Å². The summed E-state index contributed by atoms with van der Waals surface area (Å²) in [6.45, 7) is 6.51. The van der Waals surface area contributed by atoms with Crippen LogP contribution in [0.2, 0.25) is 0 Å². The van der Waals surface area contributed by atoms with Gasteiger partial charge in [-0.2, -0.15) is 0 Å². The molecule has 1 aliphatic heterocycles. The molecule has 28 heavy (non-hydrogen) atoms. The average molecular weight is 382 g/mol. The molecule has 2 atom stereocenters. The molecule has 4 nitrogen and oxygen atoms in total. The fourth-order valence-electron chi connectivity index (χ4n) is 4.14. The normalized spacial score (nSPS) is 16.7. The van der Waals surface area contributed by atoms with Crippen molar-refractivity contribution in [2.75, 3.05) is 26.3 Å². The van der Waals surface area contributed by atoms with Gasteiger partial charge < -0.3 is 9.64 Å². The molecule has 0 aliphatic carbocycles. The van der Waals surface area contributed by atoms with Crippen molar-refractivity contribution in [3.8, 4) is 0 Å². The standard InChI is InChI=1S/C24H31NO3/c1-3-7-18(2)24(27)21(17-23(26)25-12-14-28-15-13-25)16-20-10-6-9-19-8-4-5-11-22(19)20/h4-6,8-11,18,21H,3,7,12-17H2,1-2H3/t18?,21-/m1/s1. The number of ether oxygens (including phenoxy) is 1. The predicted octanol–water partition coefficient (Wildman–Crippen LogP) is 4.25. The highest BCUT2D eigenvalue weighted by molar-refractivity contribution is 5.90. The number of carbonyl (C=O) groups is 2. The summed E-state index contributed by atoms with van der Waals surface area (Å²) in [4.78, 5) is 27.9. The average Bonchev–Trinajstić information content (AvgIpc) is 2.73.